The Morgan fingerprint density at radius 1 is 1.53 bits per heavy atom. The molecular weight excluding hydrogens is 212 g/mol. The summed E-state index contributed by atoms with van der Waals surface area (Å²) < 4.78 is 22.5. The molecule has 5 heteroatoms. The molecule has 0 aliphatic carbocycles. The van der Waals surface area contributed by atoms with Crippen molar-refractivity contribution in [1.82, 2.24) is 5.43 Å². The van der Waals surface area contributed by atoms with E-state index in [4.69, 9.17) is 5.84 Å². The molecule has 1 aliphatic heterocycles. The van der Waals surface area contributed by atoms with Gasteiger partial charge in [0.25, 0.3) is 0 Å². The highest BCUT2D eigenvalue weighted by molar-refractivity contribution is 7.91. The van der Waals surface area contributed by atoms with Crippen molar-refractivity contribution in [1.29, 1.82) is 0 Å². The minimum Gasteiger partial charge on any atom is -0.271 e. The lowest BCUT2D eigenvalue weighted by atomic mass is 9.96. The molecule has 1 fully saturated rings. The molecule has 2 atom stereocenters. The Bertz CT molecular complexity index is 277. The molecule has 1 saturated heterocycles. The van der Waals surface area contributed by atoms with E-state index in [0.717, 1.165) is 32.1 Å². The lowest BCUT2D eigenvalue weighted by Gasteiger charge is -2.18. The molecule has 3 N–H and O–H groups in total. The average molecular weight is 234 g/mol. The van der Waals surface area contributed by atoms with Gasteiger partial charge in [-0.15, -0.1) is 0 Å². The third kappa shape index (κ3) is 4.49. The summed E-state index contributed by atoms with van der Waals surface area (Å²) in [5.74, 6) is 6.49. The van der Waals surface area contributed by atoms with E-state index in [9.17, 15) is 8.42 Å². The molecule has 0 bridgehead atoms. The van der Waals surface area contributed by atoms with Gasteiger partial charge in [-0.1, -0.05) is 19.8 Å². The zero-order valence-electron chi connectivity index (χ0n) is 9.41. The van der Waals surface area contributed by atoms with Crippen LogP contribution in [0.2, 0.25) is 0 Å². The zero-order chi connectivity index (χ0) is 11.3. The van der Waals surface area contributed by atoms with Crippen molar-refractivity contribution in [2.75, 3.05) is 11.5 Å². The van der Waals surface area contributed by atoms with Gasteiger partial charge < -0.3 is 0 Å². The second-order valence-corrected chi connectivity index (χ2v) is 6.74. The van der Waals surface area contributed by atoms with Crippen LogP contribution in [-0.2, 0) is 9.84 Å². The Labute approximate surface area is 92.5 Å². The van der Waals surface area contributed by atoms with Gasteiger partial charge in [-0.25, -0.2) is 8.42 Å². The number of sulfone groups is 1. The molecule has 0 amide bonds. The van der Waals surface area contributed by atoms with Crippen LogP contribution in [0.1, 0.15) is 39.0 Å². The molecule has 0 radical (unpaired) electrons. The molecule has 0 aromatic heterocycles. The molecule has 0 aromatic carbocycles. The van der Waals surface area contributed by atoms with E-state index in [0.29, 0.717) is 17.4 Å². The summed E-state index contributed by atoms with van der Waals surface area (Å²) in [7, 11) is -2.74. The van der Waals surface area contributed by atoms with Crippen LogP contribution >= 0.6 is 0 Å². The van der Waals surface area contributed by atoms with Gasteiger partial charge in [0.2, 0.25) is 0 Å². The van der Waals surface area contributed by atoms with Crippen molar-refractivity contribution < 1.29 is 8.42 Å². The van der Waals surface area contributed by atoms with E-state index in [1.807, 2.05) is 0 Å². The number of hydrazine groups is 1. The smallest absolute Gasteiger partial charge is 0.150 e. The predicted octanol–water partition coefficient (Wildman–Crippen LogP) is 0.833. The number of nitrogens with one attached hydrogen (secondary N) is 1. The van der Waals surface area contributed by atoms with Crippen molar-refractivity contribution in [2.45, 2.75) is 45.1 Å². The molecule has 90 valence electrons. The second-order valence-electron chi connectivity index (χ2n) is 4.51. The SMILES string of the molecule is CCCCC(CC1CCS(=O)(=O)C1)NN. The standard InChI is InChI=1S/C10H22N2O2S/c1-2-3-4-10(12-11)7-9-5-6-15(13,14)8-9/h9-10,12H,2-8,11H2,1H3. The first-order valence-corrected chi connectivity index (χ1v) is 7.56. The van der Waals surface area contributed by atoms with E-state index in [-0.39, 0.29) is 6.04 Å². The van der Waals surface area contributed by atoms with Crippen molar-refractivity contribution in [2.24, 2.45) is 11.8 Å². The Kier molecular flexibility index (Phi) is 5.02. The van der Waals surface area contributed by atoms with Gasteiger partial charge in [-0.2, -0.15) is 0 Å². The monoisotopic (exact) mass is 234 g/mol. The third-order valence-corrected chi connectivity index (χ3v) is 4.92. The van der Waals surface area contributed by atoms with E-state index in [2.05, 4.69) is 12.3 Å². The highest BCUT2D eigenvalue weighted by Crippen LogP contribution is 2.24. The van der Waals surface area contributed by atoms with Crippen molar-refractivity contribution in [3.05, 3.63) is 0 Å². The summed E-state index contributed by atoms with van der Waals surface area (Å²) in [4.78, 5) is 0. The van der Waals surface area contributed by atoms with Crippen LogP contribution in [0.5, 0.6) is 0 Å². The molecule has 0 spiro atoms. The van der Waals surface area contributed by atoms with E-state index < -0.39 is 9.84 Å². The van der Waals surface area contributed by atoms with Gasteiger partial charge in [0, 0.05) is 6.04 Å². The van der Waals surface area contributed by atoms with Crippen LogP contribution in [0.4, 0.5) is 0 Å². The highest BCUT2D eigenvalue weighted by Gasteiger charge is 2.29. The average Bonchev–Trinajstić information content (AvgIpc) is 2.52. The Balaban J connectivity index is 2.33. The van der Waals surface area contributed by atoms with E-state index in [1.165, 1.54) is 0 Å². The fraction of sp³-hybridized carbons (Fsp3) is 1.00. The summed E-state index contributed by atoms with van der Waals surface area (Å²) >= 11 is 0. The quantitative estimate of drug-likeness (QED) is 0.527. The van der Waals surface area contributed by atoms with Gasteiger partial charge in [-0.05, 0) is 25.2 Å². The number of hydrogen-bond donors (Lipinski definition) is 2. The number of rotatable bonds is 6. The van der Waals surface area contributed by atoms with Gasteiger partial charge in [-0.3, -0.25) is 11.3 Å². The molecule has 1 heterocycles. The van der Waals surface area contributed by atoms with Gasteiger partial charge in [0.15, 0.2) is 9.84 Å². The van der Waals surface area contributed by atoms with Crippen LogP contribution < -0.4 is 11.3 Å². The molecule has 15 heavy (non-hydrogen) atoms. The zero-order valence-corrected chi connectivity index (χ0v) is 10.2. The lowest BCUT2D eigenvalue weighted by molar-refractivity contribution is 0.384. The molecular formula is C10H22N2O2S. The minimum atomic E-state index is -2.74. The fourth-order valence-electron chi connectivity index (χ4n) is 2.18. The normalized spacial score (nSPS) is 26.7. The maximum absolute atomic E-state index is 11.3. The molecule has 2 unspecified atom stereocenters. The number of hydrogen-bond acceptors (Lipinski definition) is 4. The fourth-order valence-corrected chi connectivity index (χ4v) is 4.06. The van der Waals surface area contributed by atoms with Crippen molar-refractivity contribution in [3.8, 4) is 0 Å². The summed E-state index contributed by atoms with van der Waals surface area (Å²) in [5.41, 5.74) is 2.80. The van der Waals surface area contributed by atoms with E-state index in [1.54, 1.807) is 0 Å². The van der Waals surface area contributed by atoms with Crippen molar-refractivity contribution in [3.63, 3.8) is 0 Å². The van der Waals surface area contributed by atoms with Crippen molar-refractivity contribution >= 4 is 9.84 Å². The van der Waals surface area contributed by atoms with Gasteiger partial charge >= 0.3 is 0 Å². The first-order chi connectivity index (χ1) is 7.07. The van der Waals surface area contributed by atoms with Crippen LogP contribution in [0.25, 0.3) is 0 Å². The maximum Gasteiger partial charge on any atom is 0.150 e. The molecule has 4 nitrogen and oxygen atoms in total. The molecule has 0 saturated carbocycles. The van der Waals surface area contributed by atoms with Gasteiger partial charge in [0.05, 0.1) is 11.5 Å². The van der Waals surface area contributed by atoms with Crippen LogP contribution in [-0.4, -0.2) is 26.0 Å². The Hall–Kier alpha value is -0.130. The first kappa shape index (κ1) is 12.9. The number of unbranched alkanes of at least 4 members (excludes halogenated alkanes) is 1. The maximum atomic E-state index is 11.3. The van der Waals surface area contributed by atoms with Crippen LogP contribution in [0.15, 0.2) is 0 Å². The lowest BCUT2D eigenvalue weighted by Crippen LogP contribution is -2.36. The summed E-state index contributed by atoms with van der Waals surface area (Å²) in [6, 6.07) is 0.281. The predicted molar refractivity (Wildman–Crippen MR) is 62.0 cm³/mol. The number of nitrogens with two attached hydrogens (primary N) is 1. The summed E-state index contributed by atoms with van der Waals surface area (Å²) in [5, 5.41) is 0. The summed E-state index contributed by atoms with van der Waals surface area (Å²) in [6.07, 6.45) is 5.06. The molecule has 0 aromatic rings. The second kappa shape index (κ2) is 5.82. The van der Waals surface area contributed by atoms with Crippen LogP contribution in [0, 0.1) is 5.92 Å². The molecule has 1 aliphatic rings. The summed E-state index contributed by atoms with van der Waals surface area (Å²) in [6.45, 7) is 2.15. The first-order valence-electron chi connectivity index (χ1n) is 5.74. The largest absolute Gasteiger partial charge is 0.271 e. The van der Waals surface area contributed by atoms with Crippen LogP contribution in [0.3, 0.4) is 0 Å². The minimum absolute atomic E-state index is 0.281. The van der Waals surface area contributed by atoms with E-state index >= 15 is 0 Å². The van der Waals surface area contributed by atoms with Gasteiger partial charge in [0.1, 0.15) is 0 Å². The Morgan fingerprint density at radius 3 is 2.73 bits per heavy atom. The molecule has 1 rings (SSSR count). The highest BCUT2D eigenvalue weighted by atomic mass is 32.2. The third-order valence-electron chi connectivity index (χ3n) is 3.09. The Morgan fingerprint density at radius 2 is 2.27 bits per heavy atom. The topological polar surface area (TPSA) is 72.2 Å².